The van der Waals surface area contributed by atoms with E-state index in [-0.39, 0.29) is 11.4 Å². The number of piperidine rings is 1. The normalized spacial score (nSPS) is 24.5. The number of rotatable bonds is 4. The molecule has 26 heavy (non-hydrogen) atoms. The Bertz CT molecular complexity index is 752. The Labute approximate surface area is 158 Å². The number of amides is 1. The predicted molar refractivity (Wildman–Crippen MR) is 100 cm³/mol. The summed E-state index contributed by atoms with van der Waals surface area (Å²) < 4.78 is 2.05. The Balaban J connectivity index is 1.67. The van der Waals surface area contributed by atoms with Crippen LogP contribution >= 0.6 is 11.3 Å². The van der Waals surface area contributed by atoms with Crippen molar-refractivity contribution in [1.82, 2.24) is 30.0 Å². The number of likely N-dealkylation sites (tertiary alicyclic amines) is 1. The molecule has 2 fully saturated rings. The zero-order valence-corrected chi connectivity index (χ0v) is 16.3. The maximum Gasteiger partial charge on any atom is 0.263 e. The van der Waals surface area contributed by atoms with Crippen LogP contribution in [0.3, 0.4) is 0 Å². The average Bonchev–Trinajstić information content (AvgIpc) is 3.42. The number of nitrogens with zero attached hydrogens (tertiary/aromatic N) is 6. The quantitative estimate of drug-likeness (QED) is 0.823. The van der Waals surface area contributed by atoms with E-state index in [1.807, 2.05) is 27.1 Å². The van der Waals surface area contributed by atoms with Crippen LogP contribution in [0.1, 0.15) is 60.1 Å². The van der Waals surface area contributed by atoms with E-state index in [0.29, 0.717) is 12.6 Å². The molecule has 1 aliphatic heterocycles. The summed E-state index contributed by atoms with van der Waals surface area (Å²) in [7, 11) is 4.15. The van der Waals surface area contributed by atoms with Crippen molar-refractivity contribution in [2.45, 2.75) is 50.1 Å². The number of carbonyl (C=O) groups excluding carboxylic acids is 1. The van der Waals surface area contributed by atoms with Gasteiger partial charge in [0, 0.05) is 13.1 Å². The summed E-state index contributed by atoms with van der Waals surface area (Å²) in [6, 6.07) is 4.23. The highest BCUT2D eigenvalue weighted by Crippen LogP contribution is 2.38. The van der Waals surface area contributed by atoms with Gasteiger partial charge in [0.15, 0.2) is 5.82 Å². The molecule has 0 N–H and O–H groups in total. The summed E-state index contributed by atoms with van der Waals surface area (Å²) >= 11 is 1.50. The third-order valence-corrected chi connectivity index (χ3v) is 6.78. The zero-order valence-electron chi connectivity index (χ0n) is 15.5. The molecule has 3 heterocycles. The van der Waals surface area contributed by atoms with Crippen molar-refractivity contribution >= 4 is 17.2 Å². The van der Waals surface area contributed by atoms with Crippen molar-refractivity contribution in [2.24, 2.45) is 0 Å². The largest absolute Gasteiger partial charge is 0.336 e. The summed E-state index contributed by atoms with van der Waals surface area (Å²) in [6.07, 6.45) is 6.66. The van der Waals surface area contributed by atoms with Gasteiger partial charge in [-0.05, 0) is 61.7 Å². The van der Waals surface area contributed by atoms with Gasteiger partial charge in [-0.25, -0.2) is 4.68 Å². The smallest absolute Gasteiger partial charge is 0.263 e. The molecule has 140 valence electrons. The molecule has 1 saturated heterocycles. The molecule has 0 aromatic carbocycles. The number of carbonyl (C=O) groups is 1. The average molecular weight is 375 g/mol. The van der Waals surface area contributed by atoms with Crippen molar-refractivity contribution < 1.29 is 4.79 Å². The lowest BCUT2D eigenvalue weighted by atomic mass is 9.86. The fraction of sp³-hybridized carbons (Fsp3) is 0.667. The summed E-state index contributed by atoms with van der Waals surface area (Å²) in [6.45, 7) is 1.42. The number of aromatic nitrogens is 4. The fourth-order valence-electron chi connectivity index (χ4n) is 4.41. The standard InChI is InChI=1S/C18H26N6OS/c1-22(2)18(17-19-20-21-24(17)14-7-3-4-8-14)10-6-11-23(13-18)16(25)15-9-5-12-26-15/h5,9,12,14H,3-4,6-8,10-11,13H2,1-2H3. The topological polar surface area (TPSA) is 67.2 Å². The Morgan fingerprint density at radius 2 is 2.12 bits per heavy atom. The Kier molecular flexibility index (Phi) is 4.79. The molecule has 2 aliphatic rings. The molecule has 8 heteroatoms. The fourth-order valence-corrected chi connectivity index (χ4v) is 5.10. The first kappa shape index (κ1) is 17.6. The van der Waals surface area contributed by atoms with E-state index in [2.05, 4.69) is 34.5 Å². The van der Waals surface area contributed by atoms with Gasteiger partial charge in [0.2, 0.25) is 0 Å². The summed E-state index contributed by atoms with van der Waals surface area (Å²) in [5, 5.41) is 14.8. The number of thiophene rings is 1. The minimum atomic E-state index is -0.336. The van der Waals surface area contributed by atoms with Crippen LogP contribution in [0.2, 0.25) is 0 Å². The van der Waals surface area contributed by atoms with E-state index in [4.69, 9.17) is 0 Å². The Hall–Kier alpha value is -1.80. The predicted octanol–water partition coefficient (Wildman–Crippen LogP) is 2.54. The molecule has 1 saturated carbocycles. The number of hydrogen-bond acceptors (Lipinski definition) is 6. The Morgan fingerprint density at radius 3 is 2.81 bits per heavy atom. The van der Waals surface area contributed by atoms with Crippen LogP contribution in [0.15, 0.2) is 17.5 Å². The number of hydrogen-bond donors (Lipinski definition) is 0. The van der Waals surface area contributed by atoms with E-state index < -0.39 is 0 Å². The van der Waals surface area contributed by atoms with Gasteiger partial charge in [-0.15, -0.1) is 16.4 Å². The molecule has 7 nitrogen and oxygen atoms in total. The highest BCUT2D eigenvalue weighted by atomic mass is 32.1. The van der Waals surface area contributed by atoms with Crippen LogP contribution in [-0.4, -0.2) is 63.1 Å². The van der Waals surface area contributed by atoms with E-state index in [1.54, 1.807) is 0 Å². The van der Waals surface area contributed by atoms with Gasteiger partial charge in [0.05, 0.1) is 10.9 Å². The van der Waals surface area contributed by atoms with Crippen molar-refractivity contribution in [2.75, 3.05) is 27.2 Å². The van der Waals surface area contributed by atoms with Crippen molar-refractivity contribution in [3.8, 4) is 0 Å². The first-order chi connectivity index (χ1) is 12.6. The second kappa shape index (κ2) is 7.08. The third-order valence-electron chi connectivity index (χ3n) is 5.93. The molecule has 4 rings (SSSR count). The monoisotopic (exact) mass is 374 g/mol. The second-order valence-electron chi connectivity index (χ2n) is 7.62. The Morgan fingerprint density at radius 1 is 1.31 bits per heavy atom. The van der Waals surface area contributed by atoms with Crippen LogP contribution in [0.25, 0.3) is 0 Å². The van der Waals surface area contributed by atoms with Crippen molar-refractivity contribution in [1.29, 1.82) is 0 Å². The zero-order chi connectivity index (χ0) is 18.1. The third kappa shape index (κ3) is 2.95. The maximum absolute atomic E-state index is 12.9. The molecule has 1 amide bonds. The summed E-state index contributed by atoms with van der Waals surface area (Å²) in [5.41, 5.74) is -0.336. The van der Waals surface area contributed by atoms with Gasteiger partial charge >= 0.3 is 0 Å². The van der Waals surface area contributed by atoms with Crippen LogP contribution < -0.4 is 0 Å². The van der Waals surface area contributed by atoms with E-state index in [9.17, 15) is 4.79 Å². The first-order valence-electron chi connectivity index (χ1n) is 9.40. The van der Waals surface area contributed by atoms with Gasteiger partial charge in [0.1, 0.15) is 5.54 Å². The second-order valence-corrected chi connectivity index (χ2v) is 8.57. The number of tetrazole rings is 1. The summed E-state index contributed by atoms with van der Waals surface area (Å²) in [4.78, 5) is 17.9. The highest BCUT2D eigenvalue weighted by Gasteiger charge is 2.45. The van der Waals surface area contributed by atoms with Crippen LogP contribution in [0.5, 0.6) is 0 Å². The molecule has 0 spiro atoms. The van der Waals surface area contributed by atoms with Crippen LogP contribution in [0.4, 0.5) is 0 Å². The van der Waals surface area contributed by atoms with Crippen LogP contribution in [-0.2, 0) is 5.54 Å². The van der Waals surface area contributed by atoms with Crippen molar-refractivity contribution in [3.05, 3.63) is 28.2 Å². The van der Waals surface area contributed by atoms with E-state index in [0.717, 1.165) is 42.9 Å². The SMILES string of the molecule is CN(C)C1(c2nnnn2C2CCCC2)CCCN(C(=O)c2cccs2)C1. The highest BCUT2D eigenvalue weighted by molar-refractivity contribution is 7.12. The van der Waals surface area contributed by atoms with Gasteiger partial charge in [-0.3, -0.25) is 9.69 Å². The lowest BCUT2D eigenvalue weighted by molar-refractivity contribution is 0.0253. The lowest BCUT2D eigenvalue weighted by Crippen LogP contribution is -2.56. The number of likely N-dealkylation sites (N-methyl/N-ethyl adjacent to an activating group) is 1. The van der Waals surface area contributed by atoms with E-state index >= 15 is 0 Å². The molecule has 1 aliphatic carbocycles. The molecule has 0 radical (unpaired) electrons. The van der Waals surface area contributed by atoms with E-state index in [1.165, 1.54) is 24.2 Å². The minimum Gasteiger partial charge on any atom is -0.336 e. The lowest BCUT2D eigenvalue weighted by Gasteiger charge is -2.46. The van der Waals surface area contributed by atoms with Crippen LogP contribution in [0, 0.1) is 0 Å². The molecule has 1 atom stereocenters. The van der Waals surface area contributed by atoms with Gasteiger partial charge in [0.25, 0.3) is 5.91 Å². The maximum atomic E-state index is 12.9. The molecule has 0 bridgehead atoms. The van der Waals surface area contributed by atoms with Gasteiger partial charge in [-0.2, -0.15) is 0 Å². The molecular formula is C18H26N6OS. The first-order valence-corrected chi connectivity index (χ1v) is 10.3. The molecule has 2 aromatic rings. The molecular weight excluding hydrogens is 348 g/mol. The summed E-state index contributed by atoms with van der Waals surface area (Å²) in [5.74, 6) is 1.03. The van der Waals surface area contributed by atoms with Gasteiger partial charge < -0.3 is 4.90 Å². The molecule has 1 unspecified atom stereocenters. The minimum absolute atomic E-state index is 0.116. The van der Waals surface area contributed by atoms with Gasteiger partial charge in [-0.1, -0.05) is 18.9 Å². The van der Waals surface area contributed by atoms with Crippen molar-refractivity contribution in [3.63, 3.8) is 0 Å². The molecule has 2 aromatic heterocycles.